The van der Waals surface area contributed by atoms with E-state index in [1.807, 2.05) is 6.92 Å². The van der Waals surface area contributed by atoms with Crippen molar-refractivity contribution in [2.75, 3.05) is 5.32 Å². The molecule has 0 aliphatic heterocycles. The summed E-state index contributed by atoms with van der Waals surface area (Å²) in [5.41, 5.74) is -0.327. The molecule has 2 aromatic carbocycles. The summed E-state index contributed by atoms with van der Waals surface area (Å²) in [6.07, 6.45) is -3.06. The Balaban J connectivity index is 2.13. The van der Waals surface area contributed by atoms with Crippen molar-refractivity contribution in [1.82, 2.24) is 4.72 Å². The number of nitrogens with one attached hydrogen (secondary N) is 2. The van der Waals surface area contributed by atoms with Gasteiger partial charge in [-0.05, 0) is 42.3 Å². The molecule has 0 spiro atoms. The highest BCUT2D eigenvalue weighted by molar-refractivity contribution is 7.90. The van der Waals surface area contributed by atoms with Crippen LogP contribution in [0.25, 0.3) is 0 Å². The second-order valence-corrected chi connectivity index (χ2v) is 7.22. The van der Waals surface area contributed by atoms with Gasteiger partial charge in [0.25, 0.3) is 10.0 Å². The molecular formula is C17H17F3N2O3S. The number of hydrogen-bond acceptors (Lipinski definition) is 3. The third-order valence-corrected chi connectivity index (χ3v) is 4.75. The largest absolute Gasteiger partial charge is 0.416 e. The van der Waals surface area contributed by atoms with E-state index in [1.165, 1.54) is 18.2 Å². The van der Waals surface area contributed by atoms with E-state index in [0.29, 0.717) is 12.5 Å². The molecule has 2 amide bonds. The third-order valence-electron chi connectivity index (χ3n) is 3.42. The fourth-order valence-electron chi connectivity index (χ4n) is 2.27. The first-order valence-corrected chi connectivity index (χ1v) is 9.20. The Morgan fingerprint density at radius 1 is 1.08 bits per heavy atom. The molecule has 140 valence electrons. The molecule has 5 nitrogen and oxygen atoms in total. The van der Waals surface area contributed by atoms with Gasteiger partial charge in [-0.2, -0.15) is 13.2 Å². The highest BCUT2D eigenvalue weighted by Gasteiger charge is 2.30. The topological polar surface area (TPSA) is 75.3 Å². The van der Waals surface area contributed by atoms with E-state index in [1.54, 1.807) is 16.9 Å². The van der Waals surface area contributed by atoms with Crippen LogP contribution < -0.4 is 10.0 Å². The number of amides is 2. The van der Waals surface area contributed by atoms with Gasteiger partial charge in [0.05, 0.1) is 10.5 Å². The van der Waals surface area contributed by atoms with Crippen molar-refractivity contribution >= 4 is 21.7 Å². The third kappa shape index (κ3) is 5.22. The van der Waals surface area contributed by atoms with Crippen LogP contribution in [0.5, 0.6) is 0 Å². The Labute approximate surface area is 149 Å². The van der Waals surface area contributed by atoms with Crippen molar-refractivity contribution in [2.24, 2.45) is 0 Å². The summed E-state index contributed by atoms with van der Waals surface area (Å²) < 4.78 is 64.3. The van der Waals surface area contributed by atoms with Gasteiger partial charge in [-0.1, -0.05) is 31.5 Å². The van der Waals surface area contributed by atoms with E-state index in [-0.39, 0.29) is 10.6 Å². The number of sulfonamides is 1. The molecule has 0 aromatic heterocycles. The second-order valence-electron chi connectivity index (χ2n) is 5.54. The zero-order valence-corrected chi connectivity index (χ0v) is 14.6. The lowest BCUT2D eigenvalue weighted by Crippen LogP contribution is -2.34. The molecule has 2 rings (SSSR count). The van der Waals surface area contributed by atoms with Crippen LogP contribution in [0.15, 0.2) is 53.4 Å². The summed E-state index contributed by atoms with van der Waals surface area (Å²) >= 11 is 0. The van der Waals surface area contributed by atoms with Gasteiger partial charge in [0.15, 0.2) is 0 Å². The number of rotatable bonds is 5. The van der Waals surface area contributed by atoms with Crippen molar-refractivity contribution in [3.05, 3.63) is 59.7 Å². The Morgan fingerprint density at radius 2 is 1.77 bits per heavy atom. The maximum Gasteiger partial charge on any atom is 0.416 e. The molecule has 0 aliphatic carbocycles. The second kappa shape index (κ2) is 7.77. The molecular weight excluding hydrogens is 369 g/mol. The van der Waals surface area contributed by atoms with Gasteiger partial charge >= 0.3 is 12.2 Å². The number of anilines is 1. The van der Waals surface area contributed by atoms with Crippen LogP contribution in [0.1, 0.15) is 24.5 Å². The molecule has 0 unspecified atom stereocenters. The normalized spacial score (nSPS) is 11.8. The minimum Gasteiger partial charge on any atom is -0.307 e. The highest BCUT2D eigenvalue weighted by atomic mass is 32.2. The van der Waals surface area contributed by atoms with Crippen molar-refractivity contribution < 1.29 is 26.4 Å². The molecule has 0 saturated heterocycles. The van der Waals surface area contributed by atoms with E-state index in [2.05, 4.69) is 5.32 Å². The van der Waals surface area contributed by atoms with E-state index < -0.39 is 27.8 Å². The number of urea groups is 1. The predicted octanol–water partition coefficient (Wildman–Crippen LogP) is 4.17. The van der Waals surface area contributed by atoms with Gasteiger partial charge in [0.1, 0.15) is 0 Å². The summed E-state index contributed by atoms with van der Waals surface area (Å²) in [5.74, 6) is 0. The van der Waals surface area contributed by atoms with Gasteiger partial charge in [0, 0.05) is 5.69 Å². The first-order chi connectivity index (χ1) is 12.1. The smallest absolute Gasteiger partial charge is 0.307 e. The number of alkyl halides is 3. The van der Waals surface area contributed by atoms with Crippen molar-refractivity contribution in [2.45, 2.75) is 30.8 Å². The Morgan fingerprint density at radius 3 is 2.42 bits per heavy atom. The monoisotopic (exact) mass is 386 g/mol. The zero-order chi connectivity index (χ0) is 19.4. The molecule has 0 saturated carbocycles. The summed E-state index contributed by atoms with van der Waals surface area (Å²) in [6.45, 7) is 1.95. The number of carbonyl (C=O) groups is 1. The molecule has 2 N–H and O–H groups in total. The van der Waals surface area contributed by atoms with Crippen LogP contribution in [-0.4, -0.2) is 14.4 Å². The standard InChI is InChI=1S/C17H17F3N2O3S/c1-2-5-12-6-3-9-15(10-12)26(24,25)22-16(23)21-14-8-4-7-13(11-14)17(18,19)20/h3-4,6-11H,2,5H2,1H3,(H2,21,22,23). The molecule has 0 fully saturated rings. The Bertz CT molecular complexity index is 896. The minimum absolute atomic E-state index is 0.0948. The van der Waals surface area contributed by atoms with Gasteiger partial charge in [-0.25, -0.2) is 17.9 Å². The van der Waals surface area contributed by atoms with Crippen LogP contribution in [0.3, 0.4) is 0 Å². The van der Waals surface area contributed by atoms with Crippen LogP contribution in [-0.2, 0) is 22.6 Å². The van der Waals surface area contributed by atoms with Crippen LogP contribution in [0.2, 0.25) is 0 Å². The van der Waals surface area contributed by atoms with E-state index in [0.717, 1.165) is 24.1 Å². The van der Waals surface area contributed by atoms with Crippen LogP contribution in [0.4, 0.5) is 23.7 Å². The van der Waals surface area contributed by atoms with Crippen molar-refractivity contribution in [3.8, 4) is 0 Å². The number of benzene rings is 2. The van der Waals surface area contributed by atoms with Crippen molar-refractivity contribution in [3.63, 3.8) is 0 Å². The van der Waals surface area contributed by atoms with Crippen LogP contribution in [0, 0.1) is 0 Å². The molecule has 0 bridgehead atoms. The Hall–Kier alpha value is -2.55. The first kappa shape index (κ1) is 19.8. The number of halogens is 3. The molecule has 0 heterocycles. The summed E-state index contributed by atoms with van der Waals surface area (Å²) in [6, 6.07) is 8.86. The SMILES string of the molecule is CCCc1cccc(S(=O)(=O)NC(=O)Nc2cccc(C(F)(F)F)c2)c1. The maximum atomic E-state index is 12.7. The molecule has 0 atom stereocenters. The summed E-state index contributed by atoms with van der Waals surface area (Å²) in [7, 11) is -4.14. The highest BCUT2D eigenvalue weighted by Crippen LogP contribution is 2.30. The average molecular weight is 386 g/mol. The van der Waals surface area contributed by atoms with Gasteiger partial charge in [-0.15, -0.1) is 0 Å². The fourth-order valence-corrected chi connectivity index (χ4v) is 3.24. The lowest BCUT2D eigenvalue weighted by molar-refractivity contribution is -0.137. The molecule has 9 heteroatoms. The molecule has 2 aromatic rings. The van der Waals surface area contributed by atoms with E-state index in [4.69, 9.17) is 0 Å². The lowest BCUT2D eigenvalue weighted by Gasteiger charge is -2.11. The molecule has 0 radical (unpaired) electrons. The average Bonchev–Trinajstić information content (AvgIpc) is 2.54. The molecule has 26 heavy (non-hydrogen) atoms. The van der Waals surface area contributed by atoms with E-state index >= 15 is 0 Å². The quantitative estimate of drug-likeness (QED) is 0.810. The van der Waals surface area contributed by atoms with Gasteiger partial charge in [0.2, 0.25) is 0 Å². The fraction of sp³-hybridized carbons (Fsp3) is 0.235. The first-order valence-electron chi connectivity index (χ1n) is 7.72. The maximum absolute atomic E-state index is 12.7. The molecule has 0 aliphatic rings. The number of hydrogen-bond donors (Lipinski definition) is 2. The summed E-state index contributed by atoms with van der Waals surface area (Å²) in [5, 5.41) is 2.09. The number of aryl methyl sites for hydroxylation is 1. The Kier molecular flexibility index (Phi) is 5.91. The van der Waals surface area contributed by atoms with E-state index in [9.17, 15) is 26.4 Å². The zero-order valence-electron chi connectivity index (χ0n) is 13.8. The lowest BCUT2D eigenvalue weighted by atomic mass is 10.1. The van der Waals surface area contributed by atoms with Crippen LogP contribution >= 0.6 is 0 Å². The minimum atomic E-state index is -4.57. The number of carbonyl (C=O) groups excluding carboxylic acids is 1. The summed E-state index contributed by atoms with van der Waals surface area (Å²) in [4.78, 5) is 11.8. The van der Waals surface area contributed by atoms with Gasteiger partial charge < -0.3 is 5.32 Å². The van der Waals surface area contributed by atoms with Gasteiger partial charge in [-0.3, -0.25) is 0 Å². The van der Waals surface area contributed by atoms with Crippen molar-refractivity contribution in [1.29, 1.82) is 0 Å². The predicted molar refractivity (Wildman–Crippen MR) is 91.2 cm³/mol.